The van der Waals surface area contributed by atoms with Crippen molar-refractivity contribution in [3.8, 4) is 11.4 Å². The highest BCUT2D eigenvalue weighted by molar-refractivity contribution is 7.92. The molecule has 9 nitrogen and oxygen atoms in total. The molecule has 1 aromatic heterocycles. The van der Waals surface area contributed by atoms with E-state index in [0.29, 0.717) is 5.56 Å². The lowest BCUT2D eigenvalue weighted by Gasteiger charge is -2.12. The summed E-state index contributed by atoms with van der Waals surface area (Å²) in [6.45, 7) is 1.05. The second-order valence-electron chi connectivity index (χ2n) is 5.72. The van der Waals surface area contributed by atoms with Crippen LogP contribution in [0.2, 0.25) is 0 Å². The Morgan fingerprint density at radius 2 is 2.07 bits per heavy atom. The van der Waals surface area contributed by atoms with Gasteiger partial charge >= 0.3 is 5.97 Å². The van der Waals surface area contributed by atoms with Crippen molar-refractivity contribution in [2.75, 3.05) is 11.3 Å². The van der Waals surface area contributed by atoms with Crippen LogP contribution in [0.15, 0.2) is 53.9 Å². The minimum atomic E-state index is -3.99. The van der Waals surface area contributed by atoms with Gasteiger partial charge in [-0.1, -0.05) is 0 Å². The highest BCUT2D eigenvalue weighted by Crippen LogP contribution is 2.24. The Morgan fingerprint density at radius 3 is 2.68 bits per heavy atom. The van der Waals surface area contributed by atoms with Gasteiger partial charge in [0.15, 0.2) is 12.4 Å². The van der Waals surface area contributed by atoms with Gasteiger partial charge in [0.2, 0.25) is 0 Å². The van der Waals surface area contributed by atoms with Gasteiger partial charge < -0.3 is 9.84 Å². The molecule has 2 aromatic carbocycles. The van der Waals surface area contributed by atoms with Crippen LogP contribution in [0.5, 0.6) is 5.75 Å². The number of hydrogen-bond acceptors (Lipinski definition) is 6. The molecule has 0 atom stereocenters. The summed E-state index contributed by atoms with van der Waals surface area (Å²) >= 11 is 0. The molecule has 0 spiro atoms. The Bertz CT molecular complexity index is 1120. The molecule has 0 aliphatic carbocycles. The van der Waals surface area contributed by atoms with Crippen molar-refractivity contribution in [3.63, 3.8) is 0 Å². The van der Waals surface area contributed by atoms with Gasteiger partial charge in [-0.2, -0.15) is 5.10 Å². The van der Waals surface area contributed by atoms with Crippen LogP contribution in [-0.4, -0.2) is 40.9 Å². The van der Waals surface area contributed by atoms with E-state index in [9.17, 15) is 17.6 Å². The zero-order valence-electron chi connectivity index (χ0n) is 14.5. The van der Waals surface area contributed by atoms with E-state index in [2.05, 4.69) is 14.8 Å². The molecule has 0 saturated heterocycles. The summed E-state index contributed by atoms with van der Waals surface area (Å²) in [7, 11) is -3.99. The first-order valence-corrected chi connectivity index (χ1v) is 9.37. The fourth-order valence-corrected chi connectivity index (χ4v) is 3.53. The first-order chi connectivity index (χ1) is 13.3. The van der Waals surface area contributed by atoms with Gasteiger partial charge in [-0.25, -0.2) is 27.3 Å². The fourth-order valence-electron chi connectivity index (χ4n) is 2.39. The first kappa shape index (κ1) is 19.3. The van der Waals surface area contributed by atoms with Crippen LogP contribution in [0.4, 0.5) is 10.1 Å². The van der Waals surface area contributed by atoms with E-state index in [-0.39, 0.29) is 22.0 Å². The molecule has 0 saturated carbocycles. The number of carbonyl (C=O) groups is 1. The number of carboxylic acids is 1. The lowest BCUT2D eigenvalue weighted by molar-refractivity contribution is -0.139. The van der Waals surface area contributed by atoms with E-state index in [0.717, 1.165) is 6.07 Å². The summed E-state index contributed by atoms with van der Waals surface area (Å²) in [5.41, 5.74) is 0.596. The second kappa shape index (κ2) is 7.64. The predicted octanol–water partition coefficient (Wildman–Crippen LogP) is 1.98. The Balaban J connectivity index is 1.81. The molecule has 1 heterocycles. The number of anilines is 1. The summed E-state index contributed by atoms with van der Waals surface area (Å²) in [5, 5.41) is 12.5. The van der Waals surface area contributed by atoms with Gasteiger partial charge in [-0.05, 0) is 42.8 Å². The van der Waals surface area contributed by atoms with Crippen LogP contribution in [0.3, 0.4) is 0 Å². The van der Waals surface area contributed by atoms with Crippen molar-refractivity contribution in [2.24, 2.45) is 0 Å². The lowest BCUT2D eigenvalue weighted by Crippen LogP contribution is -2.14. The summed E-state index contributed by atoms with van der Waals surface area (Å²) in [6, 6.07) is 7.77. The fraction of sp³-hybridized carbons (Fsp3) is 0.118. The molecule has 3 aromatic rings. The number of nitrogens with zero attached hydrogens (tertiary/aromatic N) is 3. The molecule has 0 fully saturated rings. The summed E-state index contributed by atoms with van der Waals surface area (Å²) in [6.07, 6.45) is 2.57. The van der Waals surface area contributed by atoms with Crippen LogP contribution in [-0.2, 0) is 14.8 Å². The summed E-state index contributed by atoms with van der Waals surface area (Å²) < 4.78 is 48.0. The molecule has 0 bridgehead atoms. The van der Waals surface area contributed by atoms with Crippen molar-refractivity contribution in [3.05, 3.63) is 60.4 Å². The van der Waals surface area contributed by atoms with Crippen LogP contribution < -0.4 is 9.46 Å². The van der Waals surface area contributed by atoms with Gasteiger partial charge in [0.05, 0.1) is 10.6 Å². The molecular weight excluding hydrogens is 391 g/mol. The maximum Gasteiger partial charge on any atom is 0.341 e. The topological polar surface area (TPSA) is 123 Å². The molecule has 0 unspecified atom stereocenters. The van der Waals surface area contributed by atoms with E-state index in [1.54, 1.807) is 6.92 Å². The number of benzene rings is 2. The van der Waals surface area contributed by atoms with E-state index in [1.165, 1.54) is 47.7 Å². The minimum Gasteiger partial charge on any atom is -0.482 e. The summed E-state index contributed by atoms with van der Waals surface area (Å²) in [4.78, 5) is 14.2. The number of aryl methyl sites for hydroxylation is 1. The second-order valence-corrected chi connectivity index (χ2v) is 7.40. The van der Waals surface area contributed by atoms with E-state index >= 15 is 0 Å². The number of carboxylic acid groups (broad SMARTS) is 1. The third kappa shape index (κ3) is 4.26. The number of hydrogen-bond donors (Lipinski definition) is 2. The highest BCUT2D eigenvalue weighted by Gasteiger charge is 2.17. The largest absolute Gasteiger partial charge is 0.482 e. The molecule has 0 amide bonds. The van der Waals surface area contributed by atoms with Crippen molar-refractivity contribution in [2.45, 2.75) is 11.8 Å². The van der Waals surface area contributed by atoms with E-state index in [4.69, 9.17) is 9.84 Å². The number of sulfonamides is 1. The molecule has 0 radical (unpaired) electrons. The third-order valence-electron chi connectivity index (χ3n) is 3.67. The smallest absolute Gasteiger partial charge is 0.341 e. The molecule has 0 aliphatic heterocycles. The first-order valence-electron chi connectivity index (χ1n) is 7.89. The van der Waals surface area contributed by atoms with Crippen molar-refractivity contribution in [1.29, 1.82) is 0 Å². The Hall–Kier alpha value is -3.47. The molecule has 3 rings (SSSR count). The number of halogens is 1. The van der Waals surface area contributed by atoms with Gasteiger partial charge in [0, 0.05) is 6.07 Å². The number of aliphatic carboxylic acids is 1. The number of rotatable bonds is 7. The van der Waals surface area contributed by atoms with Crippen LogP contribution >= 0.6 is 0 Å². The van der Waals surface area contributed by atoms with Gasteiger partial charge in [-0.15, -0.1) is 0 Å². The van der Waals surface area contributed by atoms with Crippen LogP contribution in [0.1, 0.15) is 5.56 Å². The maximum absolute atomic E-state index is 14.3. The molecule has 146 valence electrons. The number of aromatic nitrogens is 3. The Labute approximate surface area is 159 Å². The average Bonchev–Trinajstić information content (AvgIpc) is 3.14. The van der Waals surface area contributed by atoms with Crippen molar-refractivity contribution in [1.82, 2.24) is 14.8 Å². The van der Waals surface area contributed by atoms with Crippen molar-refractivity contribution < 1.29 is 27.4 Å². The normalized spacial score (nSPS) is 11.2. The number of nitrogens with one attached hydrogen (secondary N) is 1. The lowest BCUT2D eigenvalue weighted by atomic mass is 10.2. The minimum absolute atomic E-state index is 0.0326. The number of ether oxygens (including phenoxy) is 1. The van der Waals surface area contributed by atoms with Gasteiger partial charge in [0.1, 0.15) is 24.1 Å². The standard InChI is InChI=1S/C17H15FN4O5S/c1-11-6-13(3-5-16(11)27-8-17(23)24)28(25,26)21-12-2-4-15(14(18)7-12)22-10-19-9-20-22/h2-7,9-10,21H,8H2,1H3,(H,23,24). The highest BCUT2D eigenvalue weighted by atomic mass is 32.2. The zero-order valence-corrected chi connectivity index (χ0v) is 15.4. The molecule has 2 N–H and O–H groups in total. The molecule has 0 aliphatic rings. The average molecular weight is 406 g/mol. The molecular formula is C17H15FN4O5S. The quantitative estimate of drug-likeness (QED) is 0.615. The van der Waals surface area contributed by atoms with Crippen LogP contribution in [0, 0.1) is 12.7 Å². The predicted molar refractivity (Wildman–Crippen MR) is 96.4 cm³/mol. The Morgan fingerprint density at radius 1 is 1.29 bits per heavy atom. The SMILES string of the molecule is Cc1cc(S(=O)(=O)Nc2ccc(-n3cncn3)c(F)c2)ccc1OCC(=O)O. The monoisotopic (exact) mass is 406 g/mol. The zero-order chi connectivity index (χ0) is 20.3. The van der Waals surface area contributed by atoms with Gasteiger partial charge in [-0.3, -0.25) is 4.72 Å². The third-order valence-corrected chi connectivity index (χ3v) is 5.05. The van der Waals surface area contributed by atoms with E-state index in [1.807, 2.05) is 0 Å². The molecule has 11 heteroatoms. The van der Waals surface area contributed by atoms with Gasteiger partial charge in [0.25, 0.3) is 10.0 Å². The van der Waals surface area contributed by atoms with Crippen molar-refractivity contribution >= 4 is 21.7 Å². The Kier molecular flexibility index (Phi) is 5.27. The molecule has 28 heavy (non-hydrogen) atoms. The summed E-state index contributed by atoms with van der Waals surface area (Å²) in [5.74, 6) is -1.57. The van der Waals surface area contributed by atoms with E-state index < -0.39 is 28.4 Å². The maximum atomic E-state index is 14.3. The van der Waals surface area contributed by atoms with Crippen LogP contribution in [0.25, 0.3) is 5.69 Å².